The molecule has 18 heavy (non-hydrogen) atoms. The smallest absolute Gasteiger partial charge is 0.0465 e. The van der Waals surface area contributed by atoms with Gasteiger partial charge in [-0.05, 0) is 55.1 Å². The number of halogens is 2. The Bertz CT molecular complexity index is 451. The Balaban J connectivity index is 1.43. The molecule has 4 atom stereocenters. The SMILES string of the molecule is Clc1cccc(Cl)c1CNC1C2C3CCC(C3)C12. The minimum absolute atomic E-state index is 0.739. The lowest BCUT2D eigenvalue weighted by molar-refractivity contribution is 0.456. The monoisotopic (exact) mass is 281 g/mol. The minimum atomic E-state index is 0.739. The van der Waals surface area contributed by atoms with Gasteiger partial charge in [0, 0.05) is 28.2 Å². The van der Waals surface area contributed by atoms with E-state index < -0.39 is 0 Å². The van der Waals surface area contributed by atoms with Gasteiger partial charge in [-0.2, -0.15) is 0 Å². The highest BCUT2D eigenvalue weighted by atomic mass is 35.5. The second-order valence-electron chi connectivity index (χ2n) is 6.09. The molecular formula is C15H17Cl2N. The van der Waals surface area contributed by atoms with Crippen molar-refractivity contribution in [1.82, 2.24) is 5.32 Å². The Labute approximate surface area is 118 Å². The number of nitrogens with one attached hydrogen (secondary N) is 1. The van der Waals surface area contributed by atoms with E-state index in [1.165, 1.54) is 19.3 Å². The largest absolute Gasteiger partial charge is 0.309 e. The van der Waals surface area contributed by atoms with E-state index in [1.54, 1.807) is 0 Å². The fourth-order valence-electron chi connectivity index (χ4n) is 4.52. The zero-order valence-electron chi connectivity index (χ0n) is 10.2. The molecule has 1 aromatic rings. The van der Waals surface area contributed by atoms with Gasteiger partial charge in [0.1, 0.15) is 0 Å². The van der Waals surface area contributed by atoms with Crippen LogP contribution >= 0.6 is 23.2 Å². The molecule has 0 saturated heterocycles. The van der Waals surface area contributed by atoms with Gasteiger partial charge >= 0.3 is 0 Å². The first-order valence-electron chi connectivity index (χ1n) is 6.92. The van der Waals surface area contributed by atoms with Gasteiger partial charge in [0.05, 0.1) is 0 Å². The summed E-state index contributed by atoms with van der Waals surface area (Å²) in [6.45, 7) is 0.815. The second kappa shape index (κ2) is 4.13. The quantitative estimate of drug-likeness (QED) is 0.879. The van der Waals surface area contributed by atoms with Crippen LogP contribution in [0.3, 0.4) is 0 Å². The Kier molecular flexibility index (Phi) is 2.65. The number of hydrogen-bond donors (Lipinski definition) is 1. The van der Waals surface area contributed by atoms with Crippen molar-refractivity contribution in [2.24, 2.45) is 23.7 Å². The van der Waals surface area contributed by atoms with Crippen molar-refractivity contribution in [2.75, 3.05) is 0 Å². The van der Waals surface area contributed by atoms with Gasteiger partial charge < -0.3 is 5.32 Å². The molecule has 3 heteroatoms. The Hall–Kier alpha value is -0.240. The van der Waals surface area contributed by atoms with Gasteiger partial charge in [0.15, 0.2) is 0 Å². The lowest BCUT2D eigenvalue weighted by atomic mass is 10.0. The van der Waals surface area contributed by atoms with Gasteiger partial charge in [0.2, 0.25) is 0 Å². The van der Waals surface area contributed by atoms with Crippen LogP contribution in [0.4, 0.5) is 0 Å². The third-order valence-electron chi connectivity index (χ3n) is 5.31. The van der Waals surface area contributed by atoms with Crippen LogP contribution in [0.2, 0.25) is 10.0 Å². The molecule has 1 aromatic carbocycles. The first-order chi connectivity index (χ1) is 8.75. The fraction of sp³-hybridized carbons (Fsp3) is 0.600. The summed E-state index contributed by atoms with van der Waals surface area (Å²) < 4.78 is 0. The normalized spacial score (nSPS) is 40.0. The molecule has 0 aliphatic heterocycles. The summed E-state index contributed by atoms with van der Waals surface area (Å²) in [5.74, 6) is 3.95. The van der Waals surface area contributed by atoms with Crippen LogP contribution in [0.25, 0.3) is 0 Å². The van der Waals surface area contributed by atoms with Crippen LogP contribution in [-0.2, 0) is 6.54 Å². The van der Waals surface area contributed by atoms with Gasteiger partial charge in [-0.3, -0.25) is 0 Å². The van der Waals surface area contributed by atoms with Gasteiger partial charge in [-0.15, -0.1) is 0 Å². The van der Waals surface area contributed by atoms with Gasteiger partial charge in [0.25, 0.3) is 0 Å². The van der Waals surface area contributed by atoms with Crippen molar-refractivity contribution >= 4 is 23.2 Å². The molecule has 4 rings (SSSR count). The number of rotatable bonds is 3. The van der Waals surface area contributed by atoms with Crippen LogP contribution in [0, 0.1) is 23.7 Å². The lowest BCUT2D eigenvalue weighted by Crippen LogP contribution is -2.22. The Morgan fingerprint density at radius 1 is 1.06 bits per heavy atom. The lowest BCUT2D eigenvalue weighted by Gasteiger charge is -2.12. The summed E-state index contributed by atoms with van der Waals surface area (Å²) in [6.07, 6.45) is 4.44. The van der Waals surface area contributed by atoms with Crippen molar-refractivity contribution in [3.05, 3.63) is 33.8 Å². The first kappa shape index (κ1) is 11.6. The van der Waals surface area contributed by atoms with Crippen LogP contribution in [0.1, 0.15) is 24.8 Å². The number of hydrogen-bond acceptors (Lipinski definition) is 1. The van der Waals surface area contributed by atoms with Gasteiger partial charge in [-0.25, -0.2) is 0 Å². The van der Waals surface area contributed by atoms with Crippen molar-refractivity contribution in [1.29, 1.82) is 0 Å². The van der Waals surface area contributed by atoms with E-state index in [-0.39, 0.29) is 0 Å². The molecular weight excluding hydrogens is 265 g/mol. The third-order valence-corrected chi connectivity index (χ3v) is 6.02. The maximum atomic E-state index is 6.20. The predicted octanol–water partition coefficient (Wildman–Crippen LogP) is 4.13. The topological polar surface area (TPSA) is 12.0 Å². The molecule has 0 spiro atoms. The molecule has 0 aromatic heterocycles. The van der Waals surface area contributed by atoms with Crippen LogP contribution in [0.5, 0.6) is 0 Å². The average molecular weight is 282 g/mol. The molecule has 3 fully saturated rings. The first-order valence-corrected chi connectivity index (χ1v) is 7.67. The second-order valence-corrected chi connectivity index (χ2v) is 6.91. The average Bonchev–Trinajstić information content (AvgIpc) is 2.76. The molecule has 0 amide bonds. The Morgan fingerprint density at radius 3 is 2.28 bits per heavy atom. The van der Waals surface area contributed by atoms with E-state index in [4.69, 9.17) is 23.2 Å². The molecule has 96 valence electrons. The molecule has 3 aliphatic carbocycles. The molecule has 3 aliphatic rings. The van der Waals surface area contributed by atoms with E-state index in [1.807, 2.05) is 18.2 Å². The molecule has 1 nitrogen and oxygen atoms in total. The molecule has 0 radical (unpaired) electrons. The maximum absolute atomic E-state index is 6.20. The Morgan fingerprint density at radius 2 is 1.67 bits per heavy atom. The number of benzene rings is 1. The van der Waals surface area contributed by atoms with Crippen molar-refractivity contribution in [3.63, 3.8) is 0 Å². The molecule has 1 N–H and O–H groups in total. The minimum Gasteiger partial charge on any atom is -0.309 e. The van der Waals surface area contributed by atoms with Crippen molar-refractivity contribution in [2.45, 2.75) is 31.8 Å². The van der Waals surface area contributed by atoms with E-state index in [0.29, 0.717) is 0 Å². The molecule has 2 bridgehead atoms. The summed E-state index contributed by atoms with van der Waals surface area (Å²) >= 11 is 12.4. The highest BCUT2D eigenvalue weighted by Crippen LogP contribution is 2.65. The van der Waals surface area contributed by atoms with Crippen molar-refractivity contribution in [3.8, 4) is 0 Å². The highest BCUT2D eigenvalue weighted by Gasteiger charge is 2.64. The van der Waals surface area contributed by atoms with E-state index in [2.05, 4.69) is 5.32 Å². The van der Waals surface area contributed by atoms with E-state index >= 15 is 0 Å². The maximum Gasteiger partial charge on any atom is 0.0465 e. The third kappa shape index (κ3) is 1.64. The number of fused-ring (bicyclic) bond motifs is 5. The fourth-order valence-corrected chi connectivity index (χ4v) is 5.05. The van der Waals surface area contributed by atoms with E-state index in [9.17, 15) is 0 Å². The molecule has 3 saturated carbocycles. The zero-order chi connectivity index (χ0) is 12.3. The molecule has 4 unspecified atom stereocenters. The summed E-state index contributed by atoms with van der Waals surface area (Å²) in [5, 5.41) is 5.25. The molecule has 0 heterocycles. The van der Waals surface area contributed by atoms with Gasteiger partial charge in [-0.1, -0.05) is 29.3 Å². The van der Waals surface area contributed by atoms with E-state index in [0.717, 1.165) is 51.9 Å². The summed E-state index contributed by atoms with van der Waals surface area (Å²) in [4.78, 5) is 0. The van der Waals surface area contributed by atoms with Crippen LogP contribution in [-0.4, -0.2) is 6.04 Å². The summed E-state index contributed by atoms with van der Waals surface area (Å²) in [5.41, 5.74) is 1.05. The standard InChI is InChI=1S/C15H17Cl2N/c16-11-2-1-3-12(17)10(11)7-18-15-13-8-4-5-9(6-8)14(13)15/h1-3,8-9,13-15,18H,4-7H2. The summed E-state index contributed by atoms with van der Waals surface area (Å²) in [7, 11) is 0. The summed E-state index contributed by atoms with van der Waals surface area (Å²) in [6, 6.07) is 6.48. The van der Waals surface area contributed by atoms with Crippen LogP contribution in [0.15, 0.2) is 18.2 Å². The predicted molar refractivity (Wildman–Crippen MR) is 74.9 cm³/mol. The highest BCUT2D eigenvalue weighted by molar-refractivity contribution is 6.35. The van der Waals surface area contributed by atoms with Crippen molar-refractivity contribution < 1.29 is 0 Å². The zero-order valence-corrected chi connectivity index (χ0v) is 11.7. The van der Waals surface area contributed by atoms with Crippen LogP contribution < -0.4 is 5.32 Å².